The first-order valence-corrected chi connectivity index (χ1v) is 13.3. The lowest BCUT2D eigenvalue weighted by Gasteiger charge is -2.30. The number of fused-ring (bicyclic) bond motifs is 5. The molecule has 3 aliphatic rings. The van der Waals surface area contributed by atoms with Gasteiger partial charge in [0.25, 0.3) is 23.4 Å². The molecule has 12 heteroatoms. The van der Waals surface area contributed by atoms with Gasteiger partial charge in [-0.2, -0.15) is 5.01 Å². The van der Waals surface area contributed by atoms with Gasteiger partial charge in [0.1, 0.15) is 6.54 Å². The maximum atomic E-state index is 13.6. The van der Waals surface area contributed by atoms with Crippen LogP contribution in [0.25, 0.3) is 0 Å². The quantitative estimate of drug-likeness (QED) is 0.153. The van der Waals surface area contributed by atoms with Gasteiger partial charge in [-0.3, -0.25) is 29.3 Å². The van der Waals surface area contributed by atoms with E-state index in [1.807, 2.05) is 0 Å². The van der Waals surface area contributed by atoms with Crippen LogP contribution < -0.4 is 0 Å². The molecular formula is C24H18Br2ClN3O6. The predicted molar refractivity (Wildman–Crippen MR) is 136 cm³/mol. The zero-order chi connectivity index (χ0) is 25.9. The minimum absolute atomic E-state index is 0.00271. The van der Waals surface area contributed by atoms with Gasteiger partial charge in [0.2, 0.25) is 0 Å². The Morgan fingerprint density at radius 3 is 2.14 bits per heavy atom. The predicted octanol–water partition coefficient (Wildman–Crippen LogP) is 4.27. The van der Waals surface area contributed by atoms with E-state index in [9.17, 15) is 29.3 Å². The third-order valence-corrected chi connectivity index (χ3v) is 10.7. The van der Waals surface area contributed by atoms with Crippen LogP contribution in [0.15, 0.2) is 48.5 Å². The fourth-order valence-corrected chi connectivity index (χ4v) is 7.57. The Hall–Kier alpha value is -2.63. The Morgan fingerprint density at radius 1 is 1.00 bits per heavy atom. The van der Waals surface area contributed by atoms with E-state index in [0.29, 0.717) is 11.4 Å². The molecule has 0 unspecified atom stereocenters. The Kier molecular flexibility index (Phi) is 6.50. The molecule has 0 radical (unpaired) electrons. The zero-order valence-electron chi connectivity index (χ0n) is 18.4. The topological polar surface area (TPSA) is 118 Å². The molecule has 5 rings (SSSR count). The van der Waals surface area contributed by atoms with Crippen molar-refractivity contribution in [3.63, 3.8) is 0 Å². The molecule has 36 heavy (non-hydrogen) atoms. The first-order valence-electron chi connectivity index (χ1n) is 11.1. The molecule has 0 N–H and O–H groups in total. The number of halogens is 3. The van der Waals surface area contributed by atoms with E-state index >= 15 is 0 Å². The molecule has 186 valence electrons. The second-order valence-electron chi connectivity index (χ2n) is 9.09. The van der Waals surface area contributed by atoms with E-state index in [1.165, 1.54) is 42.5 Å². The third kappa shape index (κ3) is 3.97. The highest BCUT2D eigenvalue weighted by Crippen LogP contribution is 2.60. The van der Waals surface area contributed by atoms with Crippen molar-refractivity contribution >= 4 is 72.7 Å². The van der Waals surface area contributed by atoms with Crippen LogP contribution in [-0.4, -0.2) is 54.6 Å². The van der Waals surface area contributed by atoms with Crippen molar-refractivity contribution in [1.29, 1.82) is 0 Å². The number of imide groups is 1. The van der Waals surface area contributed by atoms with Gasteiger partial charge in [0.15, 0.2) is 5.78 Å². The lowest BCUT2D eigenvalue weighted by atomic mass is 9.81. The molecule has 2 aliphatic carbocycles. The van der Waals surface area contributed by atoms with E-state index in [2.05, 4.69) is 31.9 Å². The Balaban J connectivity index is 1.52. The number of hydrogen-bond donors (Lipinski definition) is 0. The number of amides is 3. The number of nitro groups is 1. The Labute approximate surface area is 227 Å². The lowest BCUT2D eigenvalue weighted by Crippen LogP contribution is -2.52. The van der Waals surface area contributed by atoms with Gasteiger partial charge in [-0.1, -0.05) is 49.5 Å². The minimum Gasteiger partial charge on any atom is -0.292 e. The van der Waals surface area contributed by atoms with Gasteiger partial charge >= 0.3 is 0 Å². The molecule has 2 aromatic carbocycles. The van der Waals surface area contributed by atoms with Crippen molar-refractivity contribution < 1.29 is 24.1 Å². The zero-order valence-corrected chi connectivity index (χ0v) is 22.4. The number of Topliss-reactive ketones (excluding diaryl/α,β-unsaturated/α-hetero) is 1. The van der Waals surface area contributed by atoms with Crippen molar-refractivity contribution in [3.05, 3.63) is 74.8 Å². The number of benzene rings is 2. The van der Waals surface area contributed by atoms with Crippen LogP contribution in [0, 0.1) is 33.8 Å². The fourth-order valence-electron chi connectivity index (χ4n) is 5.57. The Bertz CT molecular complexity index is 1270. The summed E-state index contributed by atoms with van der Waals surface area (Å²) in [6.45, 7) is -0.606. The summed E-state index contributed by atoms with van der Waals surface area (Å²) in [7, 11) is 0. The van der Waals surface area contributed by atoms with Gasteiger partial charge in [0, 0.05) is 37.9 Å². The summed E-state index contributed by atoms with van der Waals surface area (Å²) in [4.78, 5) is 64.5. The maximum Gasteiger partial charge on any atom is 0.273 e. The molecular weight excluding hydrogens is 622 g/mol. The van der Waals surface area contributed by atoms with Crippen molar-refractivity contribution in [2.45, 2.75) is 16.1 Å². The van der Waals surface area contributed by atoms with Crippen LogP contribution >= 0.6 is 43.5 Å². The van der Waals surface area contributed by atoms with Crippen molar-refractivity contribution in [2.24, 2.45) is 23.7 Å². The third-order valence-electron chi connectivity index (χ3n) is 7.20. The van der Waals surface area contributed by atoms with E-state index in [1.54, 1.807) is 0 Å². The maximum absolute atomic E-state index is 13.6. The van der Waals surface area contributed by atoms with Gasteiger partial charge in [0.05, 0.1) is 16.8 Å². The standard InChI is InChI=1S/C24H18Br2ClN3O6/c25-20-15-9-16(21(20)26)19-18(15)23(33)29(24(19)34)28(10-17(31)11-4-6-13(27)7-5-11)22(32)12-2-1-3-14(8-12)30(35)36/h1-8,15-16,18-21H,9-10H2/t15-,16-,18-,19+,20+,21+/m1/s1. The summed E-state index contributed by atoms with van der Waals surface area (Å²) in [5, 5.41) is 13.3. The number of alkyl halides is 2. The molecule has 3 fully saturated rings. The molecule has 3 amide bonds. The number of non-ortho nitro benzene ring substituents is 1. The second kappa shape index (κ2) is 9.35. The van der Waals surface area contributed by atoms with E-state index in [-0.39, 0.29) is 38.3 Å². The monoisotopic (exact) mass is 637 g/mol. The molecule has 1 aliphatic heterocycles. The number of carbonyl (C=O) groups excluding carboxylic acids is 4. The van der Waals surface area contributed by atoms with Gasteiger partial charge in [-0.05, 0) is 48.6 Å². The highest BCUT2D eigenvalue weighted by molar-refractivity contribution is 9.12. The first-order chi connectivity index (χ1) is 17.1. The summed E-state index contributed by atoms with van der Waals surface area (Å²) < 4.78 is 0. The molecule has 2 saturated carbocycles. The van der Waals surface area contributed by atoms with Crippen molar-refractivity contribution in [1.82, 2.24) is 10.0 Å². The number of rotatable bonds is 6. The lowest BCUT2D eigenvalue weighted by molar-refractivity contribution is -0.384. The van der Waals surface area contributed by atoms with Gasteiger partial charge < -0.3 is 0 Å². The largest absolute Gasteiger partial charge is 0.292 e. The number of hydrogen-bond acceptors (Lipinski definition) is 6. The number of nitrogens with zero attached hydrogens (tertiary/aromatic N) is 3. The van der Waals surface area contributed by atoms with Gasteiger partial charge in [-0.15, -0.1) is 0 Å². The molecule has 2 aromatic rings. The minimum atomic E-state index is -0.860. The number of hydrazine groups is 1. The summed E-state index contributed by atoms with van der Waals surface area (Å²) in [5.41, 5.74) is -0.217. The van der Waals surface area contributed by atoms with E-state index in [4.69, 9.17) is 11.6 Å². The van der Waals surface area contributed by atoms with Crippen molar-refractivity contribution in [2.75, 3.05) is 6.54 Å². The Morgan fingerprint density at radius 2 is 1.58 bits per heavy atom. The molecule has 1 heterocycles. The number of nitro benzene ring substituents is 1. The normalized spacial score (nSPS) is 28.4. The van der Waals surface area contributed by atoms with E-state index < -0.39 is 46.8 Å². The summed E-state index contributed by atoms with van der Waals surface area (Å²) >= 11 is 13.2. The highest BCUT2D eigenvalue weighted by atomic mass is 79.9. The summed E-state index contributed by atoms with van der Waals surface area (Å²) in [5.74, 6) is -3.85. The molecule has 6 atom stereocenters. The first kappa shape index (κ1) is 25.0. The number of ketones is 1. The number of carbonyl (C=O) groups is 4. The van der Waals surface area contributed by atoms with E-state index in [0.717, 1.165) is 16.1 Å². The molecule has 9 nitrogen and oxygen atoms in total. The van der Waals surface area contributed by atoms with Gasteiger partial charge in [-0.25, -0.2) is 5.01 Å². The van der Waals surface area contributed by atoms with Crippen LogP contribution in [0.2, 0.25) is 5.02 Å². The fraction of sp³-hybridized carbons (Fsp3) is 0.333. The van der Waals surface area contributed by atoms with Crippen LogP contribution in [-0.2, 0) is 9.59 Å². The SMILES string of the molecule is O=C(CN(C(=O)c1cccc([N+](=O)[O-])c1)N1C(=O)[C@@H]2[C@H]3C[C@@H]([C@H](Br)[C@H]3Br)[C@@H]2C1=O)c1ccc(Cl)cc1. The summed E-state index contributed by atoms with van der Waals surface area (Å²) in [6.07, 6.45) is 0.703. The highest BCUT2D eigenvalue weighted by Gasteiger charge is 2.67. The smallest absolute Gasteiger partial charge is 0.273 e. The molecule has 0 aromatic heterocycles. The summed E-state index contributed by atoms with van der Waals surface area (Å²) in [6, 6.07) is 10.9. The second-order valence-corrected chi connectivity index (χ2v) is 11.6. The average Bonchev–Trinajstić information content (AvgIpc) is 3.47. The van der Waals surface area contributed by atoms with Crippen LogP contribution in [0.1, 0.15) is 27.1 Å². The molecule has 0 spiro atoms. The molecule has 1 saturated heterocycles. The van der Waals surface area contributed by atoms with Crippen LogP contribution in [0.5, 0.6) is 0 Å². The molecule has 2 bridgehead atoms. The van der Waals surface area contributed by atoms with Crippen LogP contribution in [0.3, 0.4) is 0 Å². The van der Waals surface area contributed by atoms with Crippen molar-refractivity contribution in [3.8, 4) is 0 Å². The average molecular weight is 640 g/mol. The van der Waals surface area contributed by atoms with Crippen LogP contribution in [0.4, 0.5) is 5.69 Å².